The van der Waals surface area contributed by atoms with E-state index < -0.39 is 0 Å². The number of benzene rings is 1. The number of halogens is 1. The number of ether oxygens (including phenoxy) is 1. The minimum absolute atomic E-state index is 0.112. The lowest BCUT2D eigenvalue weighted by atomic mass is 10.2. The molecule has 0 amide bonds. The average Bonchev–Trinajstić information content (AvgIpc) is 2.29. The van der Waals surface area contributed by atoms with Crippen LogP contribution in [0.1, 0.15) is 5.56 Å². The number of hydrogen-bond donors (Lipinski definition) is 1. The number of rotatable bonds is 5. The Labute approximate surface area is 94.2 Å². The Morgan fingerprint density at radius 2 is 2.12 bits per heavy atom. The molecule has 3 nitrogen and oxygen atoms in total. The van der Waals surface area contributed by atoms with Gasteiger partial charge in [0, 0.05) is 12.1 Å². The van der Waals surface area contributed by atoms with E-state index in [2.05, 4.69) is 4.85 Å². The Hall–Kier alpha value is -1.86. The molecule has 0 saturated heterocycles. The zero-order valence-corrected chi connectivity index (χ0v) is 8.82. The molecule has 0 aliphatic rings. The van der Waals surface area contributed by atoms with Crippen LogP contribution in [0, 0.1) is 6.57 Å². The Bertz CT molecular complexity index is 392. The van der Waals surface area contributed by atoms with Gasteiger partial charge < -0.3 is 15.3 Å². The van der Waals surface area contributed by atoms with Crippen LogP contribution in [0.25, 0.3) is 4.85 Å². The van der Waals surface area contributed by atoms with Crippen molar-refractivity contribution in [3.05, 3.63) is 53.1 Å². The molecule has 0 unspecified atom stereocenters. The molecule has 2 N–H and O–H groups in total. The highest BCUT2D eigenvalue weighted by Gasteiger charge is 1.99. The predicted molar refractivity (Wildman–Crippen MR) is 60.5 cm³/mol. The molecule has 1 rings (SSSR count). The molecule has 0 radical (unpaired) electrons. The summed E-state index contributed by atoms with van der Waals surface area (Å²) >= 11 is 0. The fourth-order valence-corrected chi connectivity index (χ4v) is 1.12. The van der Waals surface area contributed by atoms with Crippen molar-refractivity contribution in [3.8, 4) is 5.75 Å². The molecule has 4 heteroatoms. The van der Waals surface area contributed by atoms with Crippen LogP contribution in [-0.4, -0.2) is 13.2 Å². The van der Waals surface area contributed by atoms with Gasteiger partial charge in [0.25, 0.3) is 0 Å². The van der Waals surface area contributed by atoms with Crippen molar-refractivity contribution in [2.24, 2.45) is 5.73 Å². The zero-order chi connectivity index (χ0) is 11.8. The van der Waals surface area contributed by atoms with Gasteiger partial charge in [-0.25, -0.2) is 11.0 Å². The monoisotopic (exact) mass is 220 g/mol. The molecule has 0 heterocycles. The maximum Gasteiger partial charge on any atom is 0.239 e. The van der Waals surface area contributed by atoms with Crippen LogP contribution in [0.5, 0.6) is 5.75 Å². The summed E-state index contributed by atoms with van der Waals surface area (Å²) in [6.07, 6.45) is 1.27. The lowest BCUT2D eigenvalue weighted by Gasteiger charge is -2.04. The zero-order valence-electron chi connectivity index (χ0n) is 8.82. The molecule has 0 aliphatic carbocycles. The summed E-state index contributed by atoms with van der Waals surface area (Å²) in [4.78, 5) is 3.26. The van der Waals surface area contributed by atoms with Crippen molar-refractivity contribution < 1.29 is 9.13 Å². The van der Waals surface area contributed by atoms with Crippen molar-refractivity contribution in [2.75, 3.05) is 13.2 Å². The van der Waals surface area contributed by atoms with E-state index in [-0.39, 0.29) is 19.0 Å². The summed E-state index contributed by atoms with van der Waals surface area (Å²) < 4.78 is 18.1. The topological polar surface area (TPSA) is 39.6 Å². The maximum absolute atomic E-state index is 12.9. The number of nitrogens with two attached hydrogens (primary N) is 1. The molecule has 0 saturated carbocycles. The predicted octanol–water partition coefficient (Wildman–Crippen LogP) is 2.30. The standard InChI is InChI=1S/C12H13FN2O/c1-15-8-10-2-4-12(5-3-10)16-9-11(13)6-7-14/h2-6H,7-9,14H2. The third-order valence-corrected chi connectivity index (χ3v) is 1.90. The number of hydrogen-bond acceptors (Lipinski definition) is 2. The Balaban J connectivity index is 2.50. The molecular formula is C12H13FN2O. The van der Waals surface area contributed by atoms with Gasteiger partial charge in [-0.15, -0.1) is 0 Å². The minimum atomic E-state index is -0.382. The lowest BCUT2D eigenvalue weighted by Crippen LogP contribution is -2.01. The van der Waals surface area contributed by atoms with Crippen molar-refractivity contribution >= 4 is 0 Å². The molecular weight excluding hydrogens is 207 g/mol. The largest absolute Gasteiger partial charge is 0.487 e. The van der Waals surface area contributed by atoms with Crippen LogP contribution in [0.4, 0.5) is 4.39 Å². The third kappa shape index (κ3) is 4.11. The van der Waals surface area contributed by atoms with Crippen LogP contribution >= 0.6 is 0 Å². The Morgan fingerprint density at radius 1 is 1.44 bits per heavy atom. The highest BCUT2D eigenvalue weighted by atomic mass is 19.1. The van der Waals surface area contributed by atoms with E-state index in [0.717, 1.165) is 5.56 Å². The van der Waals surface area contributed by atoms with Gasteiger partial charge in [-0.3, -0.25) is 0 Å². The van der Waals surface area contributed by atoms with Crippen molar-refractivity contribution in [1.29, 1.82) is 0 Å². The van der Waals surface area contributed by atoms with E-state index in [9.17, 15) is 4.39 Å². The van der Waals surface area contributed by atoms with Gasteiger partial charge in [0.2, 0.25) is 6.54 Å². The number of nitrogens with zero attached hydrogens (tertiary/aromatic N) is 1. The van der Waals surface area contributed by atoms with Crippen molar-refractivity contribution in [1.82, 2.24) is 0 Å². The third-order valence-electron chi connectivity index (χ3n) is 1.90. The van der Waals surface area contributed by atoms with Gasteiger partial charge in [0.15, 0.2) is 0 Å². The Morgan fingerprint density at radius 3 is 2.69 bits per heavy atom. The van der Waals surface area contributed by atoms with Gasteiger partial charge in [0.1, 0.15) is 18.2 Å². The first-order chi connectivity index (χ1) is 7.76. The van der Waals surface area contributed by atoms with Gasteiger partial charge >= 0.3 is 0 Å². The first-order valence-corrected chi connectivity index (χ1v) is 4.86. The molecule has 1 aromatic rings. The summed E-state index contributed by atoms with van der Waals surface area (Å²) in [6.45, 7) is 7.11. The van der Waals surface area contributed by atoms with Crippen LogP contribution in [0.3, 0.4) is 0 Å². The molecule has 84 valence electrons. The fraction of sp³-hybridized carbons (Fsp3) is 0.250. The highest BCUT2D eigenvalue weighted by Crippen LogP contribution is 2.13. The van der Waals surface area contributed by atoms with Crippen LogP contribution in [0.2, 0.25) is 0 Å². The summed E-state index contributed by atoms with van der Waals surface area (Å²) in [5.41, 5.74) is 6.07. The second-order valence-corrected chi connectivity index (χ2v) is 3.14. The SMILES string of the molecule is [C-]#[N+]Cc1ccc(OCC(F)=CCN)cc1. The van der Waals surface area contributed by atoms with Crippen LogP contribution in [-0.2, 0) is 6.54 Å². The van der Waals surface area contributed by atoms with Gasteiger partial charge in [-0.2, -0.15) is 0 Å². The minimum Gasteiger partial charge on any atom is -0.487 e. The van der Waals surface area contributed by atoms with E-state index in [1.807, 2.05) is 0 Å². The average molecular weight is 220 g/mol. The molecule has 0 aliphatic heterocycles. The van der Waals surface area contributed by atoms with E-state index in [1.165, 1.54) is 6.08 Å². The van der Waals surface area contributed by atoms with Crippen molar-refractivity contribution in [2.45, 2.75) is 6.54 Å². The fourth-order valence-electron chi connectivity index (χ4n) is 1.12. The van der Waals surface area contributed by atoms with E-state index >= 15 is 0 Å². The van der Waals surface area contributed by atoms with E-state index in [1.54, 1.807) is 24.3 Å². The first-order valence-electron chi connectivity index (χ1n) is 4.86. The molecule has 0 bridgehead atoms. The van der Waals surface area contributed by atoms with Crippen LogP contribution in [0.15, 0.2) is 36.2 Å². The summed E-state index contributed by atoms with van der Waals surface area (Å²) in [7, 11) is 0. The van der Waals surface area contributed by atoms with Crippen LogP contribution < -0.4 is 10.5 Å². The summed E-state index contributed by atoms with van der Waals surface area (Å²) in [6, 6.07) is 7.02. The second kappa shape index (κ2) is 6.59. The summed E-state index contributed by atoms with van der Waals surface area (Å²) in [5.74, 6) is 0.196. The lowest BCUT2D eigenvalue weighted by molar-refractivity contribution is 0.318. The van der Waals surface area contributed by atoms with Gasteiger partial charge in [-0.05, 0) is 30.3 Å². The molecule has 0 fully saturated rings. The molecule has 16 heavy (non-hydrogen) atoms. The smallest absolute Gasteiger partial charge is 0.239 e. The summed E-state index contributed by atoms with van der Waals surface area (Å²) in [5, 5.41) is 0. The maximum atomic E-state index is 12.9. The quantitative estimate of drug-likeness (QED) is 0.773. The first kappa shape index (κ1) is 12.2. The Kier molecular flexibility index (Phi) is 5.03. The molecule has 0 spiro atoms. The molecule has 1 aromatic carbocycles. The molecule has 0 aromatic heterocycles. The van der Waals surface area contributed by atoms with Gasteiger partial charge in [0.05, 0.1) is 0 Å². The van der Waals surface area contributed by atoms with Crippen molar-refractivity contribution in [3.63, 3.8) is 0 Å². The van der Waals surface area contributed by atoms with Gasteiger partial charge in [-0.1, -0.05) is 0 Å². The second-order valence-electron chi connectivity index (χ2n) is 3.14. The van der Waals surface area contributed by atoms with E-state index in [0.29, 0.717) is 12.3 Å². The molecule has 0 atom stereocenters. The normalized spacial score (nSPS) is 10.9. The highest BCUT2D eigenvalue weighted by molar-refractivity contribution is 5.28. The van der Waals surface area contributed by atoms with E-state index in [4.69, 9.17) is 17.0 Å².